The van der Waals surface area contributed by atoms with E-state index in [1.54, 1.807) is 37.3 Å². The number of hydrogen-bond acceptors (Lipinski definition) is 5. The normalized spacial score (nSPS) is 24.9. The summed E-state index contributed by atoms with van der Waals surface area (Å²) in [5.74, 6) is -1.06. The molecule has 1 aliphatic carbocycles. The molecule has 0 spiro atoms. The van der Waals surface area contributed by atoms with Crippen LogP contribution in [-0.4, -0.2) is 32.8 Å². The molecular weight excluding hydrogens is 350 g/mol. The largest absolute Gasteiger partial charge is 0.465 e. The summed E-state index contributed by atoms with van der Waals surface area (Å²) in [6, 6.07) is 15.7. The highest BCUT2D eigenvalue weighted by Gasteiger charge is 2.75. The van der Waals surface area contributed by atoms with Gasteiger partial charge in [-0.3, -0.25) is 4.79 Å². The van der Waals surface area contributed by atoms with Gasteiger partial charge in [0.2, 0.25) is 0 Å². The molecule has 2 aromatic rings. The monoisotopic (exact) mass is 373 g/mol. The molecule has 5 nitrogen and oxygen atoms in total. The predicted molar refractivity (Wildman–Crippen MR) is 99.5 cm³/mol. The summed E-state index contributed by atoms with van der Waals surface area (Å²) in [5, 5.41) is -0.927. The van der Waals surface area contributed by atoms with E-state index in [2.05, 4.69) is 0 Å². The molecule has 138 valence electrons. The van der Waals surface area contributed by atoms with Gasteiger partial charge in [-0.25, -0.2) is 8.42 Å². The van der Waals surface area contributed by atoms with E-state index >= 15 is 0 Å². The molecule has 2 N–H and O–H groups in total. The van der Waals surface area contributed by atoms with Gasteiger partial charge in [0.25, 0.3) is 0 Å². The molecule has 0 amide bonds. The first-order chi connectivity index (χ1) is 12.4. The van der Waals surface area contributed by atoms with Gasteiger partial charge >= 0.3 is 5.97 Å². The van der Waals surface area contributed by atoms with Gasteiger partial charge in [-0.2, -0.15) is 0 Å². The highest BCUT2D eigenvalue weighted by Crippen LogP contribution is 2.64. The Bertz CT molecular complexity index is 893. The van der Waals surface area contributed by atoms with Gasteiger partial charge in [-0.15, -0.1) is 0 Å². The van der Waals surface area contributed by atoms with Crippen LogP contribution in [0.3, 0.4) is 0 Å². The summed E-state index contributed by atoms with van der Waals surface area (Å²) in [6.45, 7) is 3.75. The van der Waals surface area contributed by atoms with Crippen molar-refractivity contribution >= 4 is 15.8 Å². The molecule has 0 saturated heterocycles. The van der Waals surface area contributed by atoms with Crippen LogP contribution < -0.4 is 5.73 Å². The van der Waals surface area contributed by atoms with Crippen molar-refractivity contribution in [2.45, 2.75) is 29.9 Å². The third-order valence-electron chi connectivity index (χ3n) is 5.09. The van der Waals surface area contributed by atoms with Crippen molar-refractivity contribution in [3.05, 3.63) is 65.7 Å². The van der Waals surface area contributed by atoms with Crippen LogP contribution in [0.2, 0.25) is 0 Å². The van der Waals surface area contributed by atoms with Crippen molar-refractivity contribution in [3.8, 4) is 0 Å². The summed E-state index contributed by atoms with van der Waals surface area (Å²) in [6.07, 6.45) is 0. The molecule has 26 heavy (non-hydrogen) atoms. The lowest BCUT2D eigenvalue weighted by Gasteiger charge is -2.14. The number of benzene rings is 2. The van der Waals surface area contributed by atoms with Crippen LogP contribution in [0.4, 0.5) is 0 Å². The van der Waals surface area contributed by atoms with E-state index < -0.39 is 32.4 Å². The van der Waals surface area contributed by atoms with E-state index in [1.807, 2.05) is 31.2 Å². The third-order valence-corrected chi connectivity index (χ3v) is 7.38. The van der Waals surface area contributed by atoms with Crippen LogP contribution in [0, 0.1) is 12.3 Å². The number of ether oxygens (including phenoxy) is 1. The number of carbonyl (C=O) groups is 1. The highest BCUT2D eigenvalue weighted by molar-refractivity contribution is 7.92. The molecule has 0 heterocycles. The average molecular weight is 373 g/mol. The van der Waals surface area contributed by atoms with Crippen molar-refractivity contribution in [3.63, 3.8) is 0 Å². The molecule has 0 bridgehead atoms. The van der Waals surface area contributed by atoms with Crippen LogP contribution in [0.5, 0.6) is 0 Å². The fourth-order valence-electron chi connectivity index (χ4n) is 3.70. The van der Waals surface area contributed by atoms with Gasteiger partial charge in [0.15, 0.2) is 9.84 Å². The van der Waals surface area contributed by atoms with Crippen LogP contribution in [-0.2, 0) is 19.4 Å². The lowest BCUT2D eigenvalue weighted by Crippen LogP contribution is -2.33. The molecule has 1 saturated carbocycles. The van der Waals surface area contributed by atoms with E-state index in [-0.39, 0.29) is 18.0 Å². The molecule has 6 heteroatoms. The number of esters is 1. The van der Waals surface area contributed by atoms with Gasteiger partial charge in [0.1, 0.15) is 5.41 Å². The second kappa shape index (κ2) is 6.85. The molecule has 3 atom stereocenters. The van der Waals surface area contributed by atoms with E-state index in [0.29, 0.717) is 0 Å². The Morgan fingerprint density at radius 3 is 2.27 bits per heavy atom. The van der Waals surface area contributed by atoms with Crippen LogP contribution in [0.25, 0.3) is 0 Å². The fourth-order valence-corrected chi connectivity index (χ4v) is 6.10. The second-order valence-electron chi connectivity index (χ2n) is 6.63. The Morgan fingerprint density at radius 1 is 1.12 bits per heavy atom. The fraction of sp³-hybridized carbons (Fsp3) is 0.350. The van der Waals surface area contributed by atoms with Crippen LogP contribution in [0.1, 0.15) is 24.0 Å². The number of hydrogen-bond donors (Lipinski definition) is 1. The zero-order valence-electron chi connectivity index (χ0n) is 14.9. The SMILES string of the molecule is CCOC(=O)[C@]1(CN)[C@H](c2ccc(C)cc2)[C@@H]1S(=O)(=O)c1ccccc1. The predicted octanol–water partition coefficient (Wildman–Crippen LogP) is 2.44. The van der Waals surface area contributed by atoms with E-state index in [9.17, 15) is 13.2 Å². The summed E-state index contributed by atoms with van der Waals surface area (Å²) >= 11 is 0. The summed E-state index contributed by atoms with van der Waals surface area (Å²) in [5.41, 5.74) is 6.56. The van der Waals surface area contributed by atoms with Crippen molar-refractivity contribution in [1.29, 1.82) is 0 Å². The summed E-state index contributed by atoms with van der Waals surface area (Å²) < 4.78 is 31.7. The molecule has 0 unspecified atom stereocenters. The lowest BCUT2D eigenvalue weighted by atomic mass is 9.98. The molecular formula is C20H23NO4S. The third kappa shape index (κ3) is 2.83. The van der Waals surface area contributed by atoms with Crippen LogP contribution in [0.15, 0.2) is 59.5 Å². The highest BCUT2D eigenvalue weighted by atomic mass is 32.2. The van der Waals surface area contributed by atoms with Crippen molar-refractivity contribution < 1.29 is 17.9 Å². The maximum Gasteiger partial charge on any atom is 0.315 e. The van der Waals surface area contributed by atoms with Gasteiger partial charge in [0, 0.05) is 12.5 Å². The Hall–Kier alpha value is -2.18. The number of carbonyl (C=O) groups excluding carboxylic acids is 1. The quantitative estimate of drug-likeness (QED) is 0.786. The molecule has 0 radical (unpaired) electrons. The number of aryl methyl sites for hydroxylation is 1. The van der Waals surface area contributed by atoms with E-state index in [4.69, 9.17) is 10.5 Å². The second-order valence-corrected chi connectivity index (χ2v) is 8.70. The van der Waals surface area contributed by atoms with Crippen LogP contribution >= 0.6 is 0 Å². The minimum atomic E-state index is -3.74. The zero-order chi connectivity index (χ0) is 18.9. The van der Waals surface area contributed by atoms with Gasteiger partial charge in [-0.05, 0) is 31.5 Å². The standard InChI is InChI=1S/C20H23NO4S/c1-3-25-19(22)20(13-21)17(15-11-9-14(2)10-12-15)18(20)26(23,24)16-7-5-4-6-8-16/h4-12,17-18H,3,13,21H2,1-2H3/t17-,18+,20-/m1/s1. The smallest absolute Gasteiger partial charge is 0.315 e. The first kappa shape index (κ1) is 18.6. The van der Waals surface area contributed by atoms with E-state index in [0.717, 1.165) is 11.1 Å². The summed E-state index contributed by atoms with van der Waals surface area (Å²) in [7, 11) is -3.74. The Kier molecular flexibility index (Phi) is 4.90. The number of sulfone groups is 1. The number of nitrogens with two attached hydrogens (primary N) is 1. The first-order valence-corrected chi connectivity index (χ1v) is 10.2. The molecule has 1 aliphatic rings. The lowest BCUT2D eigenvalue weighted by molar-refractivity contribution is -0.149. The Morgan fingerprint density at radius 2 is 1.73 bits per heavy atom. The van der Waals surface area contributed by atoms with E-state index in [1.165, 1.54) is 0 Å². The maximum atomic E-state index is 13.3. The molecule has 0 aromatic heterocycles. The first-order valence-electron chi connectivity index (χ1n) is 8.62. The van der Waals surface area contributed by atoms with Crippen molar-refractivity contribution in [1.82, 2.24) is 0 Å². The molecule has 1 fully saturated rings. The average Bonchev–Trinajstić information content (AvgIpc) is 3.35. The topological polar surface area (TPSA) is 86.5 Å². The Labute approximate surface area is 154 Å². The minimum Gasteiger partial charge on any atom is -0.465 e. The van der Waals surface area contributed by atoms with Gasteiger partial charge in [-0.1, -0.05) is 48.0 Å². The minimum absolute atomic E-state index is 0.0822. The zero-order valence-corrected chi connectivity index (χ0v) is 15.7. The molecule has 2 aromatic carbocycles. The molecule has 0 aliphatic heterocycles. The Balaban J connectivity index is 2.11. The van der Waals surface area contributed by atoms with Gasteiger partial charge in [0.05, 0.1) is 16.8 Å². The maximum absolute atomic E-state index is 13.3. The molecule has 3 rings (SSSR count). The van der Waals surface area contributed by atoms with Crippen molar-refractivity contribution in [2.24, 2.45) is 11.1 Å². The van der Waals surface area contributed by atoms with Gasteiger partial charge < -0.3 is 10.5 Å². The van der Waals surface area contributed by atoms with Crippen molar-refractivity contribution in [2.75, 3.05) is 13.2 Å². The summed E-state index contributed by atoms with van der Waals surface area (Å²) in [4.78, 5) is 12.9. The number of rotatable bonds is 6.